The Hall–Kier alpha value is 0. The zero-order chi connectivity index (χ0) is 4.83. The molecular weight excluding hydrogens is 72.1 g/mol. The molecule has 0 saturated carbocycles. The molecule has 0 N–H and O–H groups in total. The lowest BCUT2D eigenvalue weighted by atomic mass is 10.2. The van der Waals surface area contributed by atoms with Crippen LogP contribution in [0.15, 0.2) is 0 Å². The molecule has 0 amide bonds. The van der Waals surface area contributed by atoms with E-state index in [1.54, 1.807) is 0 Å². The predicted molar refractivity (Wildman–Crippen MR) is 28.5 cm³/mol. The lowest BCUT2D eigenvalue weighted by Gasteiger charge is -1.84. The van der Waals surface area contributed by atoms with Crippen LogP contribution >= 0.6 is 0 Å². The summed E-state index contributed by atoms with van der Waals surface area (Å²) >= 11 is 0. The molecule has 0 aliphatic heterocycles. The van der Waals surface area contributed by atoms with Crippen LogP contribution in [-0.4, -0.2) is 0 Å². The van der Waals surface area contributed by atoms with Gasteiger partial charge in [0.25, 0.3) is 0 Å². The molecule has 0 heteroatoms. The van der Waals surface area contributed by atoms with Crippen molar-refractivity contribution in [3.63, 3.8) is 0 Å². The second-order valence-corrected chi connectivity index (χ2v) is 1.09. The minimum absolute atomic E-state index is 0.997. The molecule has 0 spiro atoms. The third kappa shape index (κ3) is 4.00. The van der Waals surface area contributed by atoms with Crippen molar-refractivity contribution in [2.75, 3.05) is 0 Å². The first kappa shape index (κ1) is 6.00. The second-order valence-electron chi connectivity index (χ2n) is 1.09. The first-order valence-electron chi connectivity index (χ1n) is 2.14. The fourth-order valence-corrected chi connectivity index (χ4v) is 0.232. The molecule has 0 saturated heterocycles. The van der Waals surface area contributed by atoms with Crippen molar-refractivity contribution in [3.05, 3.63) is 26.2 Å². The highest BCUT2D eigenvalue weighted by molar-refractivity contribution is 4.85. The zero-order valence-corrected chi connectivity index (χ0v) is 4.15. The summed E-state index contributed by atoms with van der Waals surface area (Å²) in [5, 5.41) is 0. The highest BCUT2D eigenvalue weighted by Gasteiger charge is 1.76. The molecule has 0 heterocycles. The molecule has 0 aromatic heterocycles. The van der Waals surface area contributed by atoms with Gasteiger partial charge in [0.2, 0.25) is 0 Å². The summed E-state index contributed by atoms with van der Waals surface area (Å²) in [6.07, 6.45) is 6.95. The quantitative estimate of drug-likeness (QED) is 0.456. The third-order valence-electron chi connectivity index (χ3n) is 0.538. The molecule has 0 aliphatic rings. The maximum Gasteiger partial charge on any atom is -0.0352 e. The van der Waals surface area contributed by atoms with E-state index in [1.807, 2.05) is 19.8 Å². The SMILES string of the molecule is [CH2][CH]C[CH][CH]C. The van der Waals surface area contributed by atoms with Crippen molar-refractivity contribution >= 4 is 0 Å². The van der Waals surface area contributed by atoms with Gasteiger partial charge in [-0.3, -0.25) is 0 Å². The lowest BCUT2D eigenvalue weighted by Crippen LogP contribution is -1.70. The Morgan fingerprint density at radius 1 is 1.67 bits per heavy atom. The van der Waals surface area contributed by atoms with E-state index in [0.717, 1.165) is 6.42 Å². The van der Waals surface area contributed by atoms with Crippen LogP contribution in [0.3, 0.4) is 0 Å². The van der Waals surface area contributed by atoms with Crippen molar-refractivity contribution in [1.29, 1.82) is 0 Å². The Morgan fingerprint density at radius 2 is 2.33 bits per heavy atom. The second kappa shape index (κ2) is 5.00. The average Bonchev–Trinajstić information content (AvgIpc) is 1.61. The maximum atomic E-state index is 3.55. The van der Waals surface area contributed by atoms with Gasteiger partial charge in [-0.05, 0) is 32.6 Å². The molecule has 0 aliphatic carbocycles. The number of unbranched alkanes of at least 4 members (excludes halogenated alkanes) is 3. The molecule has 6 heavy (non-hydrogen) atoms. The van der Waals surface area contributed by atoms with Crippen molar-refractivity contribution in [2.45, 2.75) is 13.3 Å². The Labute approximate surface area is 40.6 Å². The fraction of sp³-hybridized carbons (Fsp3) is 0.333. The van der Waals surface area contributed by atoms with Crippen molar-refractivity contribution in [3.8, 4) is 0 Å². The molecule has 0 aromatic carbocycles. The van der Waals surface area contributed by atoms with E-state index in [-0.39, 0.29) is 0 Å². The molecule has 0 atom stereocenters. The first-order valence-corrected chi connectivity index (χ1v) is 2.14. The Bertz CT molecular complexity index is 12.0. The van der Waals surface area contributed by atoms with Gasteiger partial charge < -0.3 is 0 Å². The monoisotopic (exact) mass is 82.1 g/mol. The fourth-order valence-electron chi connectivity index (χ4n) is 0.232. The van der Waals surface area contributed by atoms with Gasteiger partial charge in [-0.15, -0.1) is 0 Å². The predicted octanol–water partition coefficient (Wildman–Crippen LogP) is 1.84. The average molecular weight is 82.1 g/mol. The standard InChI is InChI=1S/C6H10/c1-3-5-6-4-2/h3-4,6H,1,5H2,2H3. The van der Waals surface area contributed by atoms with Crippen molar-refractivity contribution in [2.24, 2.45) is 0 Å². The van der Waals surface area contributed by atoms with Crippen LogP contribution in [0.1, 0.15) is 13.3 Å². The number of hydrogen-bond donors (Lipinski definition) is 0. The van der Waals surface area contributed by atoms with Gasteiger partial charge in [-0.1, -0.05) is 6.92 Å². The minimum Gasteiger partial charge on any atom is -0.0620 e. The highest BCUT2D eigenvalue weighted by Crippen LogP contribution is 1.91. The summed E-state index contributed by atoms with van der Waals surface area (Å²) in [4.78, 5) is 0. The minimum atomic E-state index is 0.997. The van der Waals surface area contributed by atoms with Gasteiger partial charge in [-0.25, -0.2) is 0 Å². The van der Waals surface area contributed by atoms with E-state index in [2.05, 4.69) is 13.3 Å². The number of hydrogen-bond acceptors (Lipinski definition) is 0. The van der Waals surface area contributed by atoms with Gasteiger partial charge in [-0.2, -0.15) is 0 Å². The van der Waals surface area contributed by atoms with Crippen LogP contribution in [-0.2, 0) is 0 Å². The summed E-state index contributed by atoms with van der Waals surface area (Å²) in [5.41, 5.74) is 0. The molecule has 0 fully saturated rings. The van der Waals surface area contributed by atoms with Gasteiger partial charge in [0, 0.05) is 0 Å². The zero-order valence-electron chi connectivity index (χ0n) is 4.15. The van der Waals surface area contributed by atoms with Crippen molar-refractivity contribution < 1.29 is 0 Å². The lowest BCUT2D eigenvalue weighted by molar-refractivity contribution is 1.15. The molecule has 0 rings (SSSR count). The van der Waals surface area contributed by atoms with Crippen LogP contribution in [0, 0.1) is 26.2 Å². The topological polar surface area (TPSA) is 0 Å². The van der Waals surface area contributed by atoms with Gasteiger partial charge >= 0.3 is 0 Å². The summed E-state index contributed by atoms with van der Waals surface area (Å²) in [6.45, 7) is 5.55. The molecule has 0 bridgehead atoms. The van der Waals surface area contributed by atoms with E-state index in [0.29, 0.717) is 0 Å². The summed E-state index contributed by atoms with van der Waals surface area (Å²) in [5.74, 6) is 0. The van der Waals surface area contributed by atoms with E-state index in [9.17, 15) is 0 Å². The van der Waals surface area contributed by atoms with E-state index >= 15 is 0 Å². The Morgan fingerprint density at radius 3 is 2.50 bits per heavy atom. The third-order valence-corrected chi connectivity index (χ3v) is 0.538. The van der Waals surface area contributed by atoms with Crippen LogP contribution in [0.4, 0.5) is 0 Å². The largest absolute Gasteiger partial charge is 0.0620 e. The summed E-state index contributed by atoms with van der Waals surface area (Å²) in [6, 6.07) is 0. The normalized spacial score (nSPS) is 9.00. The van der Waals surface area contributed by atoms with E-state index < -0.39 is 0 Å². The Kier molecular flexibility index (Phi) is 5.00. The maximum absolute atomic E-state index is 3.55. The molecule has 0 aromatic rings. The summed E-state index contributed by atoms with van der Waals surface area (Å²) < 4.78 is 0. The van der Waals surface area contributed by atoms with Crippen molar-refractivity contribution in [1.82, 2.24) is 0 Å². The number of rotatable bonds is 3. The van der Waals surface area contributed by atoms with Crippen LogP contribution in [0.25, 0.3) is 0 Å². The Balaban J connectivity index is 2.34. The van der Waals surface area contributed by atoms with Crippen LogP contribution < -0.4 is 0 Å². The molecule has 34 valence electrons. The van der Waals surface area contributed by atoms with Crippen LogP contribution in [0.5, 0.6) is 0 Å². The smallest absolute Gasteiger partial charge is 0.0352 e. The molecule has 0 nitrogen and oxygen atoms in total. The molecule has 4 radical (unpaired) electrons. The summed E-state index contributed by atoms with van der Waals surface area (Å²) in [7, 11) is 0. The van der Waals surface area contributed by atoms with Crippen LogP contribution in [0.2, 0.25) is 0 Å². The van der Waals surface area contributed by atoms with Gasteiger partial charge in [0.15, 0.2) is 0 Å². The molecular formula is C6H10. The van der Waals surface area contributed by atoms with Gasteiger partial charge in [0.1, 0.15) is 0 Å². The van der Waals surface area contributed by atoms with E-state index in [4.69, 9.17) is 0 Å². The van der Waals surface area contributed by atoms with E-state index in [1.165, 1.54) is 0 Å². The van der Waals surface area contributed by atoms with Gasteiger partial charge in [0.05, 0.1) is 0 Å². The highest BCUT2D eigenvalue weighted by atomic mass is 13.8. The molecule has 0 unspecified atom stereocenters. The first-order chi connectivity index (χ1) is 2.91.